The molecule has 0 spiro atoms. The molecule has 1 aromatic carbocycles. The lowest BCUT2D eigenvalue weighted by molar-refractivity contribution is -0.121. The lowest BCUT2D eigenvalue weighted by Gasteiger charge is -2.18. The van der Waals surface area contributed by atoms with Crippen molar-refractivity contribution in [3.8, 4) is 5.75 Å². The Balaban J connectivity index is 1.47. The number of amides is 1. The van der Waals surface area contributed by atoms with Gasteiger partial charge in [0.15, 0.2) is 0 Å². The van der Waals surface area contributed by atoms with Crippen LogP contribution < -0.4 is 15.4 Å². The Labute approximate surface area is 113 Å². The second-order valence-corrected chi connectivity index (χ2v) is 5.29. The molecule has 0 atom stereocenters. The first-order valence-corrected chi connectivity index (χ1v) is 7.10. The number of carbonyl (C=O) groups is 1. The van der Waals surface area contributed by atoms with Crippen LogP contribution in [0.5, 0.6) is 5.75 Å². The van der Waals surface area contributed by atoms with Gasteiger partial charge in [0, 0.05) is 24.3 Å². The highest BCUT2D eigenvalue weighted by Crippen LogP contribution is 2.26. The Bertz CT molecular complexity index is 469. The van der Waals surface area contributed by atoms with Gasteiger partial charge in [0.1, 0.15) is 5.75 Å². The van der Waals surface area contributed by atoms with E-state index in [1.165, 1.54) is 17.7 Å². The second-order valence-electron chi connectivity index (χ2n) is 5.29. The molecule has 2 aliphatic rings. The molecule has 1 aromatic rings. The molecule has 0 unspecified atom stereocenters. The molecular weight excluding hydrogens is 240 g/mol. The van der Waals surface area contributed by atoms with Gasteiger partial charge in [0.05, 0.1) is 13.0 Å². The maximum absolute atomic E-state index is 11.5. The van der Waals surface area contributed by atoms with E-state index in [4.69, 9.17) is 4.74 Å². The van der Waals surface area contributed by atoms with Crippen molar-refractivity contribution < 1.29 is 9.53 Å². The van der Waals surface area contributed by atoms with Crippen molar-refractivity contribution >= 4 is 11.6 Å². The first-order chi connectivity index (χ1) is 9.31. The molecule has 2 N–H and O–H groups in total. The number of fused-ring (bicyclic) bond motifs is 1. The van der Waals surface area contributed by atoms with Crippen LogP contribution >= 0.6 is 0 Å². The van der Waals surface area contributed by atoms with Gasteiger partial charge < -0.3 is 15.4 Å². The molecule has 1 aliphatic carbocycles. The fourth-order valence-corrected chi connectivity index (χ4v) is 2.32. The molecule has 1 saturated carbocycles. The van der Waals surface area contributed by atoms with Gasteiger partial charge >= 0.3 is 0 Å². The number of hydrogen-bond acceptors (Lipinski definition) is 3. The minimum absolute atomic E-state index is 0.0959. The average molecular weight is 260 g/mol. The third-order valence-corrected chi connectivity index (χ3v) is 3.56. The van der Waals surface area contributed by atoms with E-state index in [0.29, 0.717) is 19.1 Å². The number of anilines is 1. The quantitative estimate of drug-likeness (QED) is 0.852. The van der Waals surface area contributed by atoms with Gasteiger partial charge in [-0.05, 0) is 37.3 Å². The molecule has 4 heteroatoms. The van der Waals surface area contributed by atoms with E-state index in [0.717, 1.165) is 31.6 Å². The van der Waals surface area contributed by atoms with E-state index in [9.17, 15) is 4.79 Å². The number of nitrogens with one attached hydrogen (secondary N) is 2. The van der Waals surface area contributed by atoms with Crippen LogP contribution in [-0.2, 0) is 11.2 Å². The Morgan fingerprint density at radius 2 is 2.32 bits per heavy atom. The van der Waals surface area contributed by atoms with Crippen LogP contribution in [0.1, 0.15) is 31.2 Å². The largest absolute Gasteiger partial charge is 0.493 e. The standard InChI is InChI=1S/C15H20N2O2/c18-15(17-12-4-5-12)7-9-19-13-6-3-11-2-1-8-16-14(11)10-13/h3,6,10,12,16H,1-2,4-5,7-9H2,(H,17,18). The van der Waals surface area contributed by atoms with Crippen molar-refractivity contribution in [1.82, 2.24) is 5.32 Å². The van der Waals surface area contributed by atoms with Crippen LogP contribution in [0, 0.1) is 0 Å². The molecule has 1 amide bonds. The lowest BCUT2D eigenvalue weighted by atomic mass is 10.0. The molecule has 0 radical (unpaired) electrons. The van der Waals surface area contributed by atoms with Crippen LogP contribution in [0.15, 0.2) is 18.2 Å². The Morgan fingerprint density at radius 3 is 3.16 bits per heavy atom. The summed E-state index contributed by atoms with van der Waals surface area (Å²) in [6.45, 7) is 1.47. The third-order valence-electron chi connectivity index (χ3n) is 3.56. The zero-order chi connectivity index (χ0) is 13.1. The average Bonchev–Trinajstić information content (AvgIpc) is 3.22. The second kappa shape index (κ2) is 5.51. The molecular formula is C15H20N2O2. The zero-order valence-corrected chi connectivity index (χ0v) is 11.1. The molecule has 0 bridgehead atoms. The number of aryl methyl sites for hydroxylation is 1. The summed E-state index contributed by atoms with van der Waals surface area (Å²) < 4.78 is 5.64. The van der Waals surface area contributed by atoms with Gasteiger partial charge in [-0.15, -0.1) is 0 Å². The molecule has 0 saturated heterocycles. The predicted octanol–water partition coefficient (Wildman–Crippen LogP) is 2.09. The Morgan fingerprint density at radius 1 is 1.42 bits per heavy atom. The highest BCUT2D eigenvalue weighted by atomic mass is 16.5. The fraction of sp³-hybridized carbons (Fsp3) is 0.533. The molecule has 3 rings (SSSR count). The van der Waals surface area contributed by atoms with Gasteiger partial charge in [-0.2, -0.15) is 0 Å². The summed E-state index contributed by atoms with van der Waals surface area (Å²) in [6.07, 6.45) is 5.01. The van der Waals surface area contributed by atoms with Crippen molar-refractivity contribution in [3.63, 3.8) is 0 Å². The molecule has 1 aliphatic heterocycles. The van der Waals surface area contributed by atoms with E-state index in [2.05, 4.69) is 16.7 Å². The van der Waals surface area contributed by atoms with Crippen LogP contribution in [0.3, 0.4) is 0 Å². The summed E-state index contributed by atoms with van der Waals surface area (Å²) in [5, 5.41) is 6.34. The first kappa shape index (κ1) is 12.3. The SMILES string of the molecule is O=C(CCOc1ccc2c(c1)NCCC2)NC1CC1. The highest BCUT2D eigenvalue weighted by Gasteiger charge is 2.22. The van der Waals surface area contributed by atoms with Gasteiger partial charge in [-0.3, -0.25) is 4.79 Å². The summed E-state index contributed by atoms with van der Waals surface area (Å²) in [5.74, 6) is 0.936. The van der Waals surface area contributed by atoms with E-state index in [1.54, 1.807) is 0 Å². The molecule has 1 fully saturated rings. The van der Waals surface area contributed by atoms with Crippen LogP contribution in [0.25, 0.3) is 0 Å². The number of ether oxygens (including phenoxy) is 1. The van der Waals surface area contributed by atoms with E-state index in [1.807, 2.05) is 12.1 Å². The number of benzene rings is 1. The van der Waals surface area contributed by atoms with Gasteiger partial charge in [0.2, 0.25) is 5.91 Å². The summed E-state index contributed by atoms with van der Waals surface area (Å²) in [5.41, 5.74) is 2.52. The fourth-order valence-electron chi connectivity index (χ4n) is 2.32. The topological polar surface area (TPSA) is 50.4 Å². The minimum Gasteiger partial charge on any atom is -0.493 e. The van der Waals surface area contributed by atoms with E-state index in [-0.39, 0.29) is 5.91 Å². The molecule has 102 valence electrons. The van der Waals surface area contributed by atoms with E-state index >= 15 is 0 Å². The highest BCUT2D eigenvalue weighted by molar-refractivity contribution is 5.76. The normalized spacial score (nSPS) is 17.3. The van der Waals surface area contributed by atoms with Crippen molar-refractivity contribution in [1.29, 1.82) is 0 Å². The van der Waals surface area contributed by atoms with Crippen LogP contribution in [0.4, 0.5) is 5.69 Å². The summed E-state index contributed by atoms with van der Waals surface area (Å²) in [7, 11) is 0. The first-order valence-electron chi connectivity index (χ1n) is 7.10. The Kier molecular flexibility index (Phi) is 3.58. The summed E-state index contributed by atoms with van der Waals surface area (Å²) in [4.78, 5) is 11.5. The molecule has 0 aromatic heterocycles. The van der Waals surface area contributed by atoms with Gasteiger partial charge in [0.25, 0.3) is 0 Å². The minimum atomic E-state index is 0.0959. The number of carbonyl (C=O) groups excluding carboxylic acids is 1. The number of rotatable bonds is 5. The Hall–Kier alpha value is -1.71. The van der Waals surface area contributed by atoms with Crippen LogP contribution in [0.2, 0.25) is 0 Å². The molecule has 19 heavy (non-hydrogen) atoms. The smallest absolute Gasteiger partial charge is 0.223 e. The number of hydrogen-bond donors (Lipinski definition) is 2. The van der Waals surface area contributed by atoms with Gasteiger partial charge in [-0.25, -0.2) is 0 Å². The predicted molar refractivity (Wildman–Crippen MR) is 74.5 cm³/mol. The zero-order valence-electron chi connectivity index (χ0n) is 11.1. The van der Waals surface area contributed by atoms with Crippen molar-refractivity contribution in [2.75, 3.05) is 18.5 Å². The lowest BCUT2D eigenvalue weighted by Crippen LogP contribution is -2.26. The summed E-state index contributed by atoms with van der Waals surface area (Å²) >= 11 is 0. The maximum atomic E-state index is 11.5. The maximum Gasteiger partial charge on any atom is 0.223 e. The summed E-state index contributed by atoms with van der Waals surface area (Å²) in [6, 6.07) is 6.57. The van der Waals surface area contributed by atoms with Crippen LogP contribution in [-0.4, -0.2) is 25.1 Å². The third kappa shape index (κ3) is 3.40. The van der Waals surface area contributed by atoms with E-state index < -0.39 is 0 Å². The van der Waals surface area contributed by atoms with Crippen molar-refractivity contribution in [3.05, 3.63) is 23.8 Å². The molecule has 1 heterocycles. The monoisotopic (exact) mass is 260 g/mol. The van der Waals surface area contributed by atoms with Gasteiger partial charge in [-0.1, -0.05) is 6.07 Å². The van der Waals surface area contributed by atoms with Crippen molar-refractivity contribution in [2.45, 2.75) is 38.1 Å². The molecule has 4 nitrogen and oxygen atoms in total. The van der Waals surface area contributed by atoms with Crippen molar-refractivity contribution in [2.24, 2.45) is 0 Å².